The molecule has 0 unspecified atom stereocenters. The molecule has 0 aliphatic rings. The smallest absolute Gasteiger partial charge is 0.213 e. The van der Waals surface area contributed by atoms with Crippen LogP contribution in [0.25, 0.3) is 0 Å². The van der Waals surface area contributed by atoms with Crippen LogP contribution < -0.4 is 0 Å². The summed E-state index contributed by atoms with van der Waals surface area (Å²) in [5.41, 5.74) is 0.568. The van der Waals surface area contributed by atoms with Crippen molar-refractivity contribution in [3.8, 4) is 6.07 Å². The minimum atomic E-state index is 0.568. The maximum absolute atomic E-state index is 8.87. The molecule has 0 aliphatic heterocycles. The molecule has 7 heteroatoms. The van der Waals surface area contributed by atoms with E-state index in [1.54, 1.807) is 30.2 Å². The maximum Gasteiger partial charge on any atom is 0.213 e. The average molecular weight is 218 g/mol. The quantitative estimate of drug-likeness (QED) is 0.735. The van der Waals surface area contributed by atoms with Crippen LogP contribution in [0, 0.1) is 11.3 Å². The first-order valence-corrected chi connectivity index (χ1v) is 4.87. The number of aromatic nitrogens is 5. The van der Waals surface area contributed by atoms with E-state index in [4.69, 9.17) is 5.26 Å². The number of nitriles is 1. The Balaban J connectivity index is 2.33. The van der Waals surface area contributed by atoms with Crippen LogP contribution in [0.2, 0.25) is 0 Å². The molecule has 0 atom stereocenters. The lowest BCUT2D eigenvalue weighted by Gasteiger charge is -1.99. The fraction of sp³-hybridized carbons (Fsp3) is 0.125. The van der Waals surface area contributed by atoms with Gasteiger partial charge in [-0.25, -0.2) is 4.68 Å². The van der Waals surface area contributed by atoms with Crippen LogP contribution in [0.3, 0.4) is 0 Å². The third-order valence-electron chi connectivity index (χ3n) is 1.69. The number of hydrogen-bond acceptors (Lipinski definition) is 6. The maximum atomic E-state index is 8.87. The number of rotatable bonds is 2. The highest BCUT2D eigenvalue weighted by atomic mass is 32.2. The van der Waals surface area contributed by atoms with E-state index in [1.165, 1.54) is 11.8 Å². The summed E-state index contributed by atoms with van der Waals surface area (Å²) in [6.45, 7) is 0. The highest BCUT2D eigenvalue weighted by Gasteiger charge is 2.08. The van der Waals surface area contributed by atoms with Gasteiger partial charge in [0.15, 0.2) is 0 Å². The van der Waals surface area contributed by atoms with Gasteiger partial charge >= 0.3 is 0 Å². The van der Waals surface area contributed by atoms with Crippen LogP contribution in [-0.2, 0) is 7.05 Å². The average Bonchev–Trinajstić information content (AvgIpc) is 2.65. The van der Waals surface area contributed by atoms with Crippen molar-refractivity contribution >= 4 is 11.8 Å². The van der Waals surface area contributed by atoms with Crippen LogP contribution in [0.5, 0.6) is 0 Å². The Kier molecular flexibility index (Phi) is 2.60. The molecule has 2 heterocycles. The van der Waals surface area contributed by atoms with Gasteiger partial charge in [0.25, 0.3) is 0 Å². The van der Waals surface area contributed by atoms with Gasteiger partial charge in [0.05, 0.1) is 10.5 Å². The number of nitrogens with zero attached hydrogens (tertiary/aromatic N) is 6. The number of pyridine rings is 1. The molecule has 0 bridgehead atoms. The Labute approximate surface area is 89.9 Å². The van der Waals surface area contributed by atoms with Crippen LogP contribution >= 0.6 is 11.8 Å². The van der Waals surface area contributed by atoms with E-state index in [9.17, 15) is 0 Å². The van der Waals surface area contributed by atoms with Gasteiger partial charge in [-0.1, -0.05) is 0 Å². The Hall–Kier alpha value is -1.94. The lowest BCUT2D eigenvalue weighted by molar-refractivity contribution is 0.664. The van der Waals surface area contributed by atoms with Crippen LogP contribution in [0.15, 0.2) is 28.5 Å². The minimum absolute atomic E-state index is 0.568. The SMILES string of the molecule is Cn1nnnc1Sc1cnccc1C#N. The number of tetrazole rings is 1. The summed E-state index contributed by atoms with van der Waals surface area (Å²) in [7, 11) is 1.74. The van der Waals surface area contributed by atoms with Crippen LogP contribution in [-0.4, -0.2) is 25.2 Å². The fourth-order valence-electron chi connectivity index (χ4n) is 0.960. The fourth-order valence-corrected chi connectivity index (χ4v) is 1.74. The van der Waals surface area contributed by atoms with E-state index in [0.717, 1.165) is 4.90 Å². The molecule has 0 fully saturated rings. The van der Waals surface area contributed by atoms with E-state index in [0.29, 0.717) is 10.7 Å². The lowest BCUT2D eigenvalue weighted by Crippen LogP contribution is -1.93. The van der Waals surface area contributed by atoms with Crippen LogP contribution in [0.1, 0.15) is 5.56 Å². The summed E-state index contributed by atoms with van der Waals surface area (Å²) < 4.78 is 1.54. The molecule has 0 aromatic carbocycles. The topological polar surface area (TPSA) is 80.3 Å². The zero-order valence-electron chi connectivity index (χ0n) is 7.82. The second-order valence-electron chi connectivity index (χ2n) is 2.67. The molecule has 2 aromatic heterocycles. The molecule has 6 nitrogen and oxygen atoms in total. The summed E-state index contributed by atoms with van der Waals surface area (Å²) in [6.07, 6.45) is 3.20. The highest BCUT2D eigenvalue weighted by molar-refractivity contribution is 7.99. The van der Waals surface area contributed by atoms with Crippen molar-refractivity contribution < 1.29 is 0 Å². The summed E-state index contributed by atoms with van der Waals surface area (Å²) in [4.78, 5) is 4.70. The summed E-state index contributed by atoms with van der Waals surface area (Å²) in [5.74, 6) is 0. The molecular weight excluding hydrogens is 212 g/mol. The third-order valence-corrected chi connectivity index (χ3v) is 2.76. The van der Waals surface area contributed by atoms with E-state index in [2.05, 4.69) is 26.6 Å². The summed E-state index contributed by atoms with van der Waals surface area (Å²) >= 11 is 1.31. The van der Waals surface area contributed by atoms with Gasteiger partial charge in [0.2, 0.25) is 5.16 Å². The molecule has 15 heavy (non-hydrogen) atoms. The second kappa shape index (κ2) is 4.06. The summed E-state index contributed by atoms with van der Waals surface area (Å²) in [6, 6.07) is 3.75. The largest absolute Gasteiger partial charge is 0.263 e. The monoisotopic (exact) mass is 218 g/mol. The zero-order valence-corrected chi connectivity index (χ0v) is 8.64. The van der Waals surface area contributed by atoms with Crippen molar-refractivity contribution in [2.75, 3.05) is 0 Å². The first kappa shape index (κ1) is 9.61. The molecule has 0 radical (unpaired) electrons. The Bertz CT molecular complexity index is 514. The Morgan fingerprint density at radius 2 is 2.40 bits per heavy atom. The first-order valence-electron chi connectivity index (χ1n) is 4.05. The Morgan fingerprint density at radius 3 is 3.07 bits per heavy atom. The third kappa shape index (κ3) is 1.94. The van der Waals surface area contributed by atoms with Crippen LogP contribution in [0.4, 0.5) is 0 Å². The molecule has 0 N–H and O–H groups in total. The number of hydrogen-bond donors (Lipinski definition) is 0. The summed E-state index contributed by atoms with van der Waals surface area (Å²) in [5, 5.41) is 20.5. The van der Waals surface area contributed by atoms with Crippen molar-refractivity contribution in [2.24, 2.45) is 7.05 Å². The molecule has 0 saturated heterocycles. The van der Waals surface area contributed by atoms with Crippen molar-refractivity contribution in [3.05, 3.63) is 24.0 Å². The molecule has 0 aliphatic carbocycles. The van der Waals surface area contributed by atoms with Gasteiger partial charge in [-0.3, -0.25) is 4.98 Å². The van der Waals surface area contributed by atoms with Gasteiger partial charge in [-0.05, 0) is 28.3 Å². The standard InChI is InChI=1S/C8H6N6S/c1-14-8(11-12-13-14)15-7-5-10-3-2-6(7)4-9/h2-3,5H,1H3. The molecule has 0 amide bonds. The Morgan fingerprint density at radius 1 is 1.53 bits per heavy atom. The molecule has 0 saturated carbocycles. The number of aryl methyl sites for hydroxylation is 1. The van der Waals surface area contributed by atoms with Gasteiger partial charge in [-0.15, -0.1) is 5.10 Å². The molecule has 0 spiro atoms. The van der Waals surface area contributed by atoms with Gasteiger partial charge in [0.1, 0.15) is 6.07 Å². The van der Waals surface area contributed by atoms with Gasteiger partial charge < -0.3 is 0 Å². The second-order valence-corrected chi connectivity index (χ2v) is 3.68. The molecule has 2 aromatic rings. The highest BCUT2D eigenvalue weighted by Crippen LogP contribution is 2.26. The zero-order chi connectivity index (χ0) is 10.7. The first-order chi connectivity index (χ1) is 7.31. The molecule has 74 valence electrons. The van der Waals surface area contributed by atoms with E-state index in [1.807, 2.05) is 0 Å². The lowest BCUT2D eigenvalue weighted by atomic mass is 10.3. The predicted molar refractivity (Wildman–Crippen MR) is 51.9 cm³/mol. The van der Waals surface area contributed by atoms with Gasteiger partial charge in [-0.2, -0.15) is 5.26 Å². The van der Waals surface area contributed by atoms with E-state index < -0.39 is 0 Å². The van der Waals surface area contributed by atoms with E-state index >= 15 is 0 Å². The van der Waals surface area contributed by atoms with Crippen molar-refractivity contribution in [2.45, 2.75) is 10.1 Å². The van der Waals surface area contributed by atoms with Gasteiger partial charge in [0, 0.05) is 19.4 Å². The van der Waals surface area contributed by atoms with E-state index in [-0.39, 0.29) is 0 Å². The van der Waals surface area contributed by atoms with Crippen molar-refractivity contribution in [1.82, 2.24) is 25.2 Å². The molecular formula is C8H6N6S. The minimum Gasteiger partial charge on any atom is -0.263 e. The van der Waals surface area contributed by atoms with Crippen molar-refractivity contribution in [3.63, 3.8) is 0 Å². The molecule has 2 rings (SSSR count). The van der Waals surface area contributed by atoms with Crippen molar-refractivity contribution in [1.29, 1.82) is 5.26 Å². The predicted octanol–water partition coefficient (Wildman–Crippen LogP) is 0.628. The normalized spacial score (nSPS) is 9.87.